The number of hydrogen-bond donors (Lipinski definition) is 0. The van der Waals surface area contributed by atoms with Crippen molar-refractivity contribution in [2.24, 2.45) is 0 Å². The SMILES string of the molecule is CCCC1(CCO[Si](C)(C)C(C)(C)C)OCCO1. The standard InChI is InChI=1S/C14H30O3Si/c1-7-8-14(15-11-12-16-14)9-10-17-18(5,6)13(2,3)4/h7-12H2,1-6H3. The average molecular weight is 274 g/mol. The zero-order valence-electron chi connectivity index (χ0n) is 13.0. The van der Waals surface area contributed by atoms with Crippen LogP contribution in [0.25, 0.3) is 0 Å². The Hall–Kier alpha value is 0.0969. The molecule has 4 heteroatoms. The lowest BCUT2D eigenvalue weighted by Gasteiger charge is -2.37. The van der Waals surface area contributed by atoms with Gasteiger partial charge in [-0.05, 0) is 18.1 Å². The summed E-state index contributed by atoms with van der Waals surface area (Å²) in [5, 5.41) is 0.266. The van der Waals surface area contributed by atoms with E-state index in [1.54, 1.807) is 0 Å². The molecule has 108 valence electrons. The maximum atomic E-state index is 6.21. The third-order valence-corrected chi connectivity index (χ3v) is 8.73. The Kier molecular flexibility index (Phi) is 5.41. The molecule has 0 radical (unpaired) electrons. The Bertz CT molecular complexity index is 252. The van der Waals surface area contributed by atoms with E-state index in [1.165, 1.54) is 0 Å². The van der Waals surface area contributed by atoms with Crippen molar-refractivity contribution in [3.63, 3.8) is 0 Å². The minimum absolute atomic E-state index is 0.266. The van der Waals surface area contributed by atoms with Crippen LogP contribution >= 0.6 is 0 Å². The molecular formula is C14H30O3Si. The van der Waals surface area contributed by atoms with Gasteiger partial charge in [-0.2, -0.15) is 0 Å². The van der Waals surface area contributed by atoms with Crippen molar-refractivity contribution < 1.29 is 13.9 Å². The van der Waals surface area contributed by atoms with Crippen LogP contribution in [0.15, 0.2) is 0 Å². The first-order valence-electron chi connectivity index (χ1n) is 7.14. The van der Waals surface area contributed by atoms with Crippen LogP contribution in [-0.2, 0) is 13.9 Å². The third-order valence-electron chi connectivity index (χ3n) is 4.20. The average Bonchev–Trinajstić information content (AvgIpc) is 2.65. The highest BCUT2D eigenvalue weighted by atomic mass is 28.4. The predicted octanol–water partition coefficient (Wildman–Crippen LogP) is 3.94. The molecule has 3 nitrogen and oxygen atoms in total. The minimum atomic E-state index is -1.64. The van der Waals surface area contributed by atoms with Crippen molar-refractivity contribution in [2.75, 3.05) is 19.8 Å². The summed E-state index contributed by atoms with van der Waals surface area (Å²) in [5.74, 6) is -0.364. The Morgan fingerprint density at radius 2 is 1.67 bits per heavy atom. The van der Waals surface area contributed by atoms with E-state index in [1.807, 2.05) is 0 Å². The van der Waals surface area contributed by atoms with Crippen LogP contribution in [0.5, 0.6) is 0 Å². The van der Waals surface area contributed by atoms with Gasteiger partial charge in [0, 0.05) is 19.4 Å². The smallest absolute Gasteiger partial charge is 0.191 e. The fourth-order valence-electron chi connectivity index (χ4n) is 1.97. The molecule has 0 aliphatic carbocycles. The lowest BCUT2D eigenvalue weighted by atomic mass is 10.1. The Morgan fingerprint density at radius 1 is 1.11 bits per heavy atom. The van der Waals surface area contributed by atoms with Gasteiger partial charge in [0.05, 0.1) is 13.2 Å². The van der Waals surface area contributed by atoms with Gasteiger partial charge in [-0.3, -0.25) is 0 Å². The fourth-order valence-corrected chi connectivity index (χ4v) is 3.02. The van der Waals surface area contributed by atoms with E-state index in [0.29, 0.717) is 0 Å². The van der Waals surface area contributed by atoms with Crippen LogP contribution in [-0.4, -0.2) is 33.9 Å². The normalized spacial score (nSPS) is 20.3. The van der Waals surface area contributed by atoms with E-state index in [0.717, 1.165) is 39.1 Å². The van der Waals surface area contributed by atoms with Crippen LogP contribution in [0.4, 0.5) is 0 Å². The van der Waals surface area contributed by atoms with Crippen LogP contribution < -0.4 is 0 Å². The van der Waals surface area contributed by atoms with Crippen molar-refractivity contribution >= 4 is 8.32 Å². The highest BCUT2D eigenvalue weighted by molar-refractivity contribution is 6.74. The van der Waals surface area contributed by atoms with Crippen molar-refractivity contribution in [2.45, 2.75) is 70.9 Å². The van der Waals surface area contributed by atoms with Gasteiger partial charge < -0.3 is 13.9 Å². The van der Waals surface area contributed by atoms with Crippen LogP contribution in [0.2, 0.25) is 18.1 Å². The van der Waals surface area contributed by atoms with E-state index in [2.05, 4.69) is 40.8 Å². The molecule has 0 unspecified atom stereocenters. The molecule has 0 aromatic heterocycles. The van der Waals surface area contributed by atoms with E-state index in [4.69, 9.17) is 13.9 Å². The minimum Gasteiger partial charge on any atom is -0.417 e. The second kappa shape index (κ2) is 6.03. The number of ether oxygens (including phenoxy) is 2. The van der Waals surface area contributed by atoms with Gasteiger partial charge in [0.25, 0.3) is 0 Å². The molecule has 0 N–H and O–H groups in total. The molecule has 0 atom stereocenters. The van der Waals surface area contributed by atoms with Crippen molar-refractivity contribution in [3.8, 4) is 0 Å². The molecule has 0 aromatic carbocycles. The molecule has 1 fully saturated rings. The maximum Gasteiger partial charge on any atom is 0.191 e. The van der Waals surface area contributed by atoms with Crippen LogP contribution in [0.3, 0.4) is 0 Å². The summed E-state index contributed by atoms with van der Waals surface area (Å²) < 4.78 is 17.8. The van der Waals surface area contributed by atoms with Crippen LogP contribution in [0.1, 0.15) is 47.0 Å². The monoisotopic (exact) mass is 274 g/mol. The summed E-state index contributed by atoms with van der Waals surface area (Å²) in [5.41, 5.74) is 0. The number of hydrogen-bond acceptors (Lipinski definition) is 3. The Balaban J connectivity index is 2.45. The molecule has 0 amide bonds. The second-order valence-electron chi connectivity index (χ2n) is 6.72. The lowest BCUT2D eigenvalue weighted by molar-refractivity contribution is -0.171. The van der Waals surface area contributed by atoms with Gasteiger partial charge >= 0.3 is 0 Å². The lowest BCUT2D eigenvalue weighted by Crippen LogP contribution is -2.42. The van der Waals surface area contributed by atoms with Crippen LogP contribution in [0, 0.1) is 0 Å². The molecule has 1 saturated heterocycles. The molecule has 0 bridgehead atoms. The summed E-state index contributed by atoms with van der Waals surface area (Å²) in [6.07, 6.45) is 2.90. The molecular weight excluding hydrogens is 244 g/mol. The summed E-state index contributed by atoms with van der Waals surface area (Å²) in [4.78, 5) is 0. The third kappa shape index (κ3) is 4.05. The first-order valence-corrected chi connectivity index (χ1v) is 10.1. The maximum absolute atomic E-state index is 6.21. The largest absolute Gasteiger partial charge is 0.417 e. The van der Waals surface area contributed by atoms with Gasteiger partial charge in [0.15, 0.2) is 14.1 Å². The van der Waals surface area contributed by atoms with Gasteiger partial charge in [0.1, 0.15) is 0 Å². The number of rotatable bonds is 6. The molecule has 1 heterocycles. The van der Waals surface area contributed by atoms with Gasteiger partial charge in [-0.25, -0.2) is 0 Å². The van der Waals surface area contributed by atoms with E-state index in [9.17, 15) is 0 Å². The van der Waals surface area contributed by atoms with E-state index in [-0.39, 0.29) is 10.8 Å². The molecule has 1 aliphatic rings. The summed E-state index contributed by atoms with van der Waals surface area (Å²) in [7, 11) is -1.64. The summed E-state index contributed by atoms with van der Waals surface area (Å²) in [6, 6.07) is 0. The summed E-state index contributed by atoms with van der Waals surface area (Å²) in [6.45, 7) is 15.7. The van der Waals surface area contributed by atoms with E-state index < -0.39 is 8.32 Å². The van der Waals surface area contributed by atoms with Gasteiger partial charge in [-0.1, -0.05) is 34.1 Å². The molecule has 1 rings (SSSR count). The first kappa shape index (κ1) is 16.2. The highest BCUT2D eigenvalue weighted by Gasteiger charge is 2.39. The quantitative estimate of drug-likeness (QED) is 0.687. The molecule has 0 saturated carbocycles. The van der Waals surface area contributed by atoms with Crippen molar-refractivity contribution in [1.82, 2.24) is 0 Å². The van der Waals surface area contributed by atoms with E-state index >= 15 is 0 Å². The zero-order chi connectivity index (χ0) is 13.9. The molecule has 1 aliphatic heterocycles. The molecule has 0 spiro atoms. The van der Waals surface area contributed by atoms with Crippen molar-refractivity contribution in [1.29, 1.82) is 0 Å². The first-order chi connectivity index (χ1) is 8.22. The molecule has 0 aromatic rings. The van der Waals surface area contributed by atoms with Gasteiger partial charge in [0.2, 0.25) is 0 Å². The Labute approximate surface area is 113 Å². The fraction of sp³-hybridized carbons (Fsp3) is 1.00. The zero-order valence-corrected chi connectivity index (χ0v) is 14.0. The predicted molar refractivity (Wildman–Crippen MR) is 77.3 cm³/mol. The van der Waals surface area contributed by atoms with Crippen molar-refractivity contribution in [3.05, 3.63) is 0 Å². The van der Waals surface area contributed by atoms with Gasteiger partial charge in [-0.15, -0.1) is 0 Å². The molecule has 18 heavy (non-hydrogen) atoms. The highest BCUT2D eigenvalue weighted by Crippen LogP contribution is 2.37. The topological polar surface area (TPSA) is 27.7 Å². The summed E-state index contributed by atoms with van der Waals surface area (Å²) >= 11 is 0. The second-order valence-corrected chi connectivity index (χ2v) is 11.5. The Morgan fingerprint density at radius 3 is 2.11 bits per heavy atom.